The van der Waals surface area contributed by atoms with Crippen LogP contribution in [0.4, 0.5) is 0 Å². The van der Waals surface area contributed by atoms with Gasteiger partial charge in [0.2, 0.25) is 0 Å². The standard InChI is InChI=1S/C17H21N3O/c1-12-6-8-19-11-15(12)16(20-18)10-13-7-9-21-17-5-3-2-4-14(13)17/h2-6,8,11,13,16,20H,7,9-10,18H2,1H3. The Balaban J connectivity index is 1.84. The molecule has 1 aromatic heterocycles. The predicted molar refractivity (Wildman–Crippen MR) is 83.0 cm³/mol. The molecule has 4 nitrogen and oxygen atoms in total. The van der Waals surface area contributed by atoms with E-state index in [9.17, 15) is 0 Å². The number of nitrogens with one attached hydrogen (secondary N) is 1. The minimum absolute atomic E-state index is 0.106. The zero-order valence-electron chi connectivity index (χ0n) is 12.3. The molecule has 4 heteroatoms. The number of hydrazine groups is 1. The molecular weight excluding hydrogens is 262 g/mol. The molecule has 0 saturated carbocycles. The molecule has 2 heterocycles. The molecule has 2 atom stereocenters. The summed E-state index contributed by atoms with van der Waals surface area (Å²) in [5, 5.41) is 0. The van der Waals surface area contributed by atoms with Crippen molar-refractivity contribution >= 4 is 0 Å². The third kappa shape index (κ3) is 2.91. The van der Waals surface area contributed by atoms with E-state index in [-0.39, 0.29) is 6.04 Å². The van der Waals surface area contributed by atoms with Crippen molar-refractivity contribution in [3.05, 3.63) is 59.4 Å². The second kappa shape index (κ2) is 6.24. The van der Waals surface area contributed by atoms with Crippen molar-refractivity contribution in [3.8, 4) is 5.75 Å². The summed E-state index contributed by atoms with van der Waals surface area (Å²) in [4.78, 5) is 4.23. The maximum absolute atomic E-state index is 5.80. The van der Waals surface area contributed by atoms with Gasteiger partial charge >= 0.3 is 0 Å². The van der Waals surface area contributed by atoms with E-state index in [1.165, 1.54) is 16.7 Å². The Morgan fingerprint density at radius 1 is 1.38 bits per heavy atom. The summed E-state index contributed by atoms with van der Waals surface area (Å²) in [6.07, 6.45) is 5.69. The maximum atomic E-state index is 5.80. The van der Waals surface area contributed by atoms with Crippen LogP contribution >= 0.6 is 0 Å². The van der Waals surface area contributed by atoms with Gasteiger partial charge in [-0.15, -0.1) is 0 Å². The number of benzene rings is 1. The molecule has 2 aromatic rings. The molecule has 1 aliphatic heterocycles. The van der Waals surface area contributed by atoms with E-state index in [0.29, 0.717) is 5.92 Å². The van der Waals surface area contributed by atoms with Crippen molar-refractivity contribution in [2.75, 3.05) is 6.61 Å². The fourth-order valence-corrected chi connectivity index (χ4v) is 3.07. The van der Waals surface area contributed by atoms with E-state index in [0.717, 1.165) is 25.2 Å². The first-order valence-corrected chi connectivity index (χ1v) is 7.38. The molecule has 0 bridgehead atoms. The lowest BCUT2D eigenvalue weighted by atomic mass is 9.85. The van der Waals surface area contributed by atoms with Crippen molar-refractivity contribution in [1.82, 2.24) is 10.4 Å². The number of rotatable bonds is 4. The van der Waals surface area contributed by atoms with Gasteiger partial charge in [-0.3, -0.25) is 16.3 Å². The summed E-state index contributed by atoms with van der Waals surface area (Å²) in [6, 6.07) is 10.4. The van der Waals surface area contributed by atoms with Crippen LogP contribution in [0.5, 0.6) is 5.75 Å². The number of aromatic nitrogens is 1. The number of aryl methyl sites for hydroxylation is 1. The molecule has 3 rings (SSSR count). The molecule has 3 N–H and O–H groups in total. The fraction of sp³-hybridized carbons (Fsp3) is 0.353. The van der Waals surface area contributed by atoms with Crippen LogP contribution in [0.25, 0.3) is 0 Å². The molecule has 110 valence electrons. The topological polar surface area (TPSA) is 60.2 Å². The van der Waals surface area contributed by atoms with Crippen LogP contribution in [-0.4, -0.2) is 11.6 Å². The van der Waals surface area contributed by atoms with Gasteiger partial charge in [-0.1, -0.05) is 18.2 Å². The number of para-hydroxylation sites is 1. The molecule has 1 aromatic carbocycles. The van der Waals surface area contributed by atoms with E-state index in [2.05, 4.69) is 29.5 Å². The lowest BCUT2D eigenvalue weighted by Gasteiger charge is -2.29. The normalized spacial score (nSPS) is 18.7. The summed E-state index contributed by atoms with van der Waals surface area (Å²) >= 11 is 0. The highest BCUT2D eigenvalue weighted by Crippen LogP contribution is 2.38. The SMILES string of the molecule is Cc1ccncc1C(CC1CCOc2ccccc21)NN. The predicted octanol–water partition coefficient (Wildman–Crippen LogP) is 2.85. The van der Waals surface area contributed by atoms with E-state index < -0.39 is 0 Å². The Labute approximate surface area is 125 Å². The molecule has 0 fully saturated rings. The largest absolute Gasteiger partial charge is 0.493 e. The number of hydrogen-bond donors (Lipinski definition) is 2. The smallest absolute Gasteiger partial charge is 0.122 e. The van der Waals surface area contributed by atoms with Crippen molar-refractivity contribution < 1.29 is 4.74 Å². The summed E-state index contributed by atoms with van der Waals surface area (Å²) in [6.45, 7) is 2.87. The van der Waals surface area contributed by atoms with Gasteiger partial charge < -0.3 is 4.74 Å². The van der Waals surface area contributed by atoms with Gasteiger partial charge in [0.1, 0.15) is 5.75 Å². The summed E-state index contributed by atoms with van der Waals surface area (Å²) < 4.78 is 5.73. The first-order chi connectivity index (χ1) is 10.3. The lowest BCUT2D eigenvalue weighted by molar-refractivity contribution is 0.255. The fourth-order valence-electron chi connectivity index (χ4n) is 3.07. The Morgan fingerprint density at radius 3 is 3.05 bits per heavy atom. The second-order valence-corrected chi connectivity index (χ2v) is 5.56. The maximum Gasteiger partial charge on any atom is 0.122 e. The van der Waals surface area contributed by atoms with Gasteiger partial charge in [-0.2, -0.15) is 0 Å². The van der Waals surface area contributed by atoms with Gasteiger partial charge in [0.15, 0.2) is 0 Å². The van der Waals surface area contributed by atoms with Gasteiger partial charge in [0.25, 0.3) is 0 Å². The Hall–Kier alpha value is -1.91. The van der Waals surface area contributed by atoms with E-state index in [1.54, 1.807) is 0 Å². The second-order valence-electron chi connectivity index (χ2n) is 5.56. The Bertz CT molecular complexity index is 614. The third-order valence-corrected chi connectivity index (χ3v) is 4.26. The Morgan fingerprint density at radius 2 is 2.24 bits per heavy atom. The molecule has 0 radical (unpaired) electrons. The van der Waals surface area contributed by atoms with Crippen LogP contribution in [-0.2, 0) is 0 Å². The molecule has 0 saturated heterocycles. The first-order valence-electron chi connectivity index (χ1n) is 7.38. The molecule has 2 unspecified atom stereocenters. The van der Waals surface area contributed by atoms with Gasteiger partial charge in [0, 0.05) is 18.4 Å². The highest BCUT2D eigenvalue weighted by atomic mass is 16.5. The quantitative estimate of drug-likeness (QED) is 0.669. The van der Waals surface area contributed by atoms with Crippen molar-refractivity contribution in [1.29, 1.82) is 0 Å². The average Bonchev–Trinajstić information content (AvgIpc) is 2.53. The van der Waals surface area contributed by atoms with Crippen LogP contribution in [0.1, 0.15) is 41.5 Å². The molecular formula is C17H21N3O. The van der Waals surface area contributed by atoms with E-state index in [4.69, 9.17) is 10.6 Å². The van der Waals surface area contributed by atoms with Crippen LogP contribution in [0.3, 0.4) is 0 Å². The van der Waals surface area contributed by atoms with Crippen molar-refractivity contribution in [2.45, 2.75) is 31.7 Å². The molecule has 0 spiro atoms. The van der Waals surface area contributed by atoms with E-state index >= 15 is 0 Å². The average molecular weight is 283 g/mol. The highest BCUT2D eigenvalue weighted by molar-refractivity contribution is 5.38. The van der Waals surface area contributed by atoms with Gasteiger partial charge in [-0.25, -0.2) is 0 Å². The number of nitrogens with zero attached hydrogens (tertiary/aromatic N) is 1. The van der Waals surface area contributed by atoms with Gasteiger partial charge in [-0.05, 0) is 54.5 Å². The highest BCUT2D eigenvalue weighted by Gasteiger charge is 2.25. The number of pyridine rings is 1. The van der Waals surface area contributed by atoms with Crippen LogP contribution in [0, 0.1) is 6.92 Å². The summed E-state index contributed by atoms with van der Waals surface area (Å²) in [5.41, 5.74) is 6.63. The molecule has 0 amide bonds. The van der Waals surface area contributed by atoms with Gasteiger partial charge in [0.05, 0.1) is 6.61 Å². The van der Waals surface area contributed by atoms with Crippen LogP contribution in [0.15, 0.2) is 42.7 Å². The van der Waals surface area contributed by atoms with Crippen molar-refractivity contribution in [2.24, 2.45) is 5.84 Å². The van der Waals surface area contributed by atoms with E-state index in [1.807, 2.05) is 30.6 Å². The lowest BCUT2D eigenvalue weighted by Crippen LogP contribution is -2.31. The Kier molecular flexibility index (Phi) is 4.18. The number of hydrogen-bond acceptors (Lipinski definition) is 4. The third-order valence-electron chi connectivity index (χ3n) is 4.26. The monoisotopic (exact) mass is 283 g/mol. The van der Waals surface area contributed by atoms with Crippen molar-refractivity contribution in [3.63, 3.8) is 0 Å². The molecule has 0 aliphatic carbocycles. The van der Waals surface area contributed by atoms with Crippen LogP contribution < -0.4 is 16.0 Å². The molecule has 1 aliphatic rings. The summed E-state index contributed by atoms with van der Waals surface area (Å²) in [5.74, 6) is 7.26. The summed E-state index contributed by atoms with van der Waals surface area (Å²) in [7, 11) is 0. The van der Waals surface area contributed by atoms with Crippen LogP contribution in [0.2, 0.25) is 0 Å². The number of nitrogens with two attached hydrogens (primary N) is 1. The zero-order valence-corrected chi connectivity index (χ0v) is 12.3. The minimum atomic E-state index is 0.106. The zero-order chi connectivity index (χ0) is 14.7. The number of ether oxygens (including phenoxy) is 1. The minimum Gasteiger partial charge on any atom is -0.493 e. The first kappa shape index (κ1) is 14.0. The molecule has 21 heavy (non-hydrogen) atoms. The number of fused-ring (bicyclic) bond motifs is 1.